The van der Waals surface area contributed by atoms with Gasteiger partial charge in [-0.2, -0.15) is 10.5 Å². The zero-order chi connectivity index (χ0) is 23.4. The topological polar surface area (TPSA) is 95.5 Å². The van der Waals surface area contributed by atoms with Crippen LogP contribution in [0, 0.1) is 10.4 Å². The Morgan fingerprint density at radius 1 is 0.562 bits per heavy atom. The van der Waals surface area contributed by atoms with Crippen LogP contribution in [0.15, 0.2) is 72.8 Å². The lowest BCUT2D eigenvalue weighted by molar-refractivity contribution is -0.996. The van der Waals surface area contributed by atoms with E-state index in [1.54, 1.807) is 48.5 Å². The molecule has 0 saturated heterocycles. The van der Waals surface area contributed by atoms with Gasteiger partial charge in [-0.1, -0.05) is 60.7 Å². The molecular weight excluding hydrogens is 498 g/mol. The second-order valence-electron chi connectivity index (χ2n) is 7.07. The molecule has 0 radical (unpaired) electrons. The fourth-order valence-electron chi connectivity index (χ4n) is 3.39. The summed E-state index contributed by atoms with van der Waals surface area (Å²) in [5.41, 5.74) is 1.17. The lowest BCUT2D eigenvalue weighted by Gasteiger charge is -2.27. The van der Waals surface area contributed by atoms with Crippen LogP contribution in [0.4, 0.5) is 11.4 Å². The highest BCUT2D eigenvalue weighted by molar-refractivity contribution is 6.31. The van der Waals surface area contributed by atoms with E-state index in [0.717, 1.165) is 6.07 Å². The second kappa shape index (κ2) is 11.1. The van der Waals surface area contributed by atoms with E-state index < -0.39 is 32.0 Å². The number of benzene rings is 3. The zero-order valence-corrected chi connectivity index (χ0v) is 19.5. The summed E-state index contributed by atoms with van der Waals surface area (Å²) in [6, 6.07) is 20.3. The van der Waals surface area contributed by atoms with E-state index >= 15 is 0 Å². The van der Waals surface area contributed by atoms with Crippen LogP contribution >= 0.6 is 46.4 Å². The molecule has 0 fully saturated rings. The van der Waals surface area contributed by atoms with Gasteiger partial charge in [-0.25, -0.2) is 10.4 Å². The summed E-state index contributed by atoms with van der Waals surface area (Å²) in [6.07, 6.45) is 0. The SMILES string of the molecule is [O-][NH+](O)c1cc([NH+]([O-])O)c([C@H](Cl)[C@H](Cl)c2ccccc2)cc1[C@H](Cl)[C@H](Cl)c1ccccc1. The van der Waals surface area contributed by atoms with E-state index in [1.165, 1.54) is 6.07 Å². The molecule has 3 aromatic carbocycles. The fraction of sp³-hybridized carbons (Fsp3) is 0.182. The van der Waals surface area contributed by atoms with Gasteiger partial charge in [0.05, 0.1) is 27.6 Å². The number of hydrogen-bond donors (Lipinski definition) is 4. The van der Waals surface area contributed by atoms with Gasteiger partial charge in [0, 0.05) is 11.1 Å². The van der Waals surface area contributed by atoms with E-state index in [2.05, 4.69) is 0 Å². The van der Waals surface area contributed by atoms with Crippen LogP contribution in [0.2, 0.25) is 0 Å². The van der Waals surface area contributed by atoms with Gasteiger partial charge < -0.3 is 10.4 Å². The maximum atomic E-state index is 11.9. The molecule has 0 bridgehead atoms. The Hall–Kier alpha value is -1.42. The molecule has 0 amide bonds. The molecule has 3 rings (SSSR count). The quantitative estimate of drug-likeness (QED) is 0.249. The normalized spacial score (nSPS) is 17.2. The van der Waals surface area contributed by atoms with Crippen molar-refractivity contribution in [2.75, 3.05) is 0 Å². The number of hydrogen-bond acceptors (Lipinski definition) is 4. The molecule has 32 heavy (non-hydrogen) atoms. The highest BCUT2D eigenvalue weighted by atomic mass is 35.5. The largest absolute Gasteiger partial charge is 0.595 e. The summed E-state index contributed by atoms with van der Waals surface area (Å²) in [6.45, 7) is 0. The van der Waals surface area contributed by atoms with Gasteiger partial charge in [-0.05, 0) is 17.2 Å². The highest BCUT2D eigenvalue weighted by Crippen LogP contribution is 2.46. The van der Waals surface area contributed by atoms with Crippen molar-refractivity contribution in [3.8, 4) is 0 Å². The predicted octanol–water partition coefficient (Wildman–Crippen LogP) is 5.01. The van der Waals surface area contributed by atoms with E-state index in [9.17, 15) is 20.8 Å². The van der Waals surface area contributed by atoms with Crippen LogP contribution in [-0.4, -0.2) is 10.4 Å². The van der Waals surface area contributed by atoms with E-state index in [-0.39, 0.29) is 22.5 Å². The van der Waals surface area contributed by atoms with Gasteiger partial charge in [-0.3, -0.25) is 0 Å². The third kappa shape index (κ3) is 5.55. The van der Waals surface area contributed by atoms with Crippen LogP contribution in [0.5, 0.6) is 0 Å². The summed E-state index contributed by atoms with van der Waals surface area (Å²) in [5, 5.41) is 37.2. The van der Waals surface area contributed by atoms with Crippen LogP contribution in [0.1, 0.15) is 43.8 Å². The maximum Gasteiger partial charge on any atom is 0.174 e. The zero-order valence-electron chi connectivity index (χ0n) is 16.5. The minimum Gasteiger partial charge on any atom is -0.595 e. The molecule has 170 valence electrons. The van der Waals surface area contributed by atoms with Crippen molar-refractivity contribution >= 4 is 57.8 Å². The summed E-state index contributed by atoms with van der Waals surface area (Å²) in [7, 11) is 0. The Bertz CT molecular complexity index is 946. The van der Waals surface area contributed by atoms with E-state index in [1.807, 2.05) is 12.1 Å². The Kier molecular flexibility index (Phi) is 8.77. The first-order valence-corrected chi connectivity index (χ1v) is 11.3. The van der Waals surface area contributed by atoms with Crippen LogP contribution in [0.3, 0.4) is 0 Å². The molecule has 0 aliphatic carbocycles. The summed E-state index contributed by atoms with van der Waals surface area (Å²) in [5.74, 6) is 0. The molecular formula is C22H20Cl4N2O4. The van der Waals surface area contributed by atoms with Crippen molar-refractivity contribution in [2.45, 2.75) is 21.5 Å². The van der Waals surface area contributed by atoms with Gasteiger partial charge >= 0.3 is 0 Å². The third-order valence-electron chi connectivity index (χ3n) is 5.03. The number of nitrogens with one attached hydrogen (secondary N) is 2. The number of halogens is 4. The molecule has 6 atom stereocenters. The monoisotopic (exact) mass is 516 g/mol. The van der Waals surface area contributed by atoms with E-state index in [4.69, 9.17) is 46.4 Å². The Balaban J connectivity index is 2.10. The maximum absolute atomic E-state index is 11.9. The van der Waals surface area contributed by atoms with Gasteiger partial charge in [0.15, 0.2) is 11.4 Å². The number of quaternary nitrogens is 2. The van der Waals surface area contributed by atoms with Gasteiger partial charge in [0.2, 0.25) is 0 Å². The van der Waals surface area contributed by atoms with Crippen molar-refractivity contribution in [3.63, 3.8) is 0 Å². The average Bonchev–Trinajstić information content (AvgIpc) is 2.82. The first-order valence-electron chi connectivity index (χ1n) is 9.53. The number of rotatable bonds is 8. The first kappa shape index (κ1) is 25.2. The third-order valence-corrected chi connectivity index (χ3v) is 7.27. The fourth-order valence-corrected chi connectivity index (χ4v) is 4.60. The molecule has 10 heteroatoms. The molecule has 0 heterocycles. The molecule has 6 nitrogen and oxygen atoms in total. The lowest BCUT2D eigenvalue weighted by Crippen LogP contribution is -3.01. The predicted molar refractivity (Wildman–Crippen MR) is 125 cm³/mol. The Labute approximate surface area is 205 Å². The summed E-state index contributed by atoms with van der Waals surface area (Å²) < 4.78 is 0. The van der Waals surface area contributed by atoms with Gasteiger partial charge in [0.1, 0.15) is 0 Å². The Morgan fingerprint density at radius 2 is 0.906 bits per heavy atom. The number of alkyl halides is 4. The van der Waals surface area contributed by atoms with Crippen molar-refractivity contribution in [2.24, 2.45) is 0 Å². The van der Waals surface area contributed by atoms with Crippen molar-refractivity contribution < 1.29 is 20.9 Å². The van der Waals surface area contributed by atoms with Crippen molar-refractivity contribution in [1.29, 1.82) is 0 Å². The summed E-state index contributed by atoms with van der Waals surface area (Å²) >= 11 is 26.4. The molecule has 0 aromatic heterocycles. The second-order valence-corrected chi connectivity index (χ2v) is 8.95. The van der Waals surface area contributed by atoms with Crippen LogP contribution in [0.25, 0.3) is 0 Å². The smallest absolute Gasteiger partial charge is 0.174 e. The van der Waals surface area contributed by atoms with Crippen LogP contribution < -0.4 is 10.5 Å². The Morgan fingerprint density at radius 3 is 1.22 bits per heavy atom. The van der Waals surface area contributed by atoms with E-state index in [0.29, 0.717) is 11.1 Å². The average molecular weight is 518 g/mol. The highest BCUT2D eigenvalue weighted by Gasteiger charge is 2.32. The first-order chi connectivity index (χ1) is 15.2. The minimum absolute atomic E-state index is 0.158. The van der Waals surface area contributed by atoms with Crippen LogP contribution in [-0.2, 0) is 0 Å². The molecule has 4 N–H and O–H groups in total. The molecule has 2 unspecified atom stereocenters. The standard InChI is InChI=1S/C22H20Cl4N2O4/c23-19(13-7-3-1-4-8-13)21(25)15-11-16(18(28(31)32)12-17(15)27(29)30)22(26)20(24)14-9-5-2-6-10-14/h1-12,19-22,27-29,31H/t19-,20-,21+,22+/m1/s1. The van der Waals surface area contributed by atoms with Gasteiger partial charge in [-0.15, -0.1) is 46.4 Å². The van der Waals surface area contributed by atoms with Gasteiger partial charge in [0.25, 0.3) is 0 Å². The molecule has 0 saturated carbocycles. The minimum atomic E-state index is -1.33. The van der Waals surface area contributed by atoms with Crippen molar-refractivity contribution in [3.05, 3.63) is 105 Å². The molecule has 3 aromatic rings. The molecule has 0 spiro atoms. The summed E-state index contributed by atoms with van der Waals surface area (Å²) in [4.78, 5) is 0. The van der Waals surface area contributed by atoms with Crippen molar-refractivity contribution in [1.82, 2.24) is 0 Å². The lowest BCUT2D eigenvalue weighted by atomic mass is 9.95. The molecule has 0 aliphatic rings. The molecule has 0 aliphatic heterocycles.